The Morgan fingerprint density at radius 3 is 2.40 bits per heavy atom. The third-order valence-electron chi connectivity index (χ3n) is 5.19. The van der Waals surface area contributed by atoms with Crippen molar-refractivity contribution in [2.45, 2.75) is 6.04 Å². The van der Waals surface area contributed by atoms with Gasteiger partial charge in [-0.3, -0.25) is 14.8 Å². The van der Waals surface area contributed by atoms with E-state index in [0.29, 0.717) is 33.2 Å². The van der Waals surface area contributed by atoms with Gasteiger partial charge >= 0.3 is 0 Å². The van der Waals surface area contributed by atoms with Crippen molar-refractivity contribution in [3.63, 3.8) is 0 Å². The molecule has 0 unspecified atom stereocenters. The molecular weight excluding hydrogens is 469 g/mol. The molecule has 0 bridgehead atoms. The van der Waals surface area contributed by atoms with Crippen LogP contribution in [0, 0.1) is 5.82 Å². The summed E-state index contributed by atoms with van der Waals surface area (Å²) in [4.78, 5) is 15.0. The molecule has 1 atom stereocenters. The van der Waals surface area contributed by atoms with E-state index < -0.39 is 6.04 Å². The predicted molar refractivity (Wildman–Crippen MR) is 118 cm³/mol. The molecule has 0 radical (unpaired) electrons. The number of nitrogens with zero attached hydrogens (tertiary/aromatic N) is 2. The molecule has 5 rings (SSSR count). The Morgan fingerprint density at radius 1 is 1.00 bits per heavy atom. The summed E-state index contributed by atoms with van der Waals surface area (Å²) < 4.78 is 15.8. The van der Waals surface area contributed by atoms with Crippen molar-refractivity contribution in [3.8, 4) is 11.3 Å². The standard InChI is InChI=1S/C23H14BrClFN3O/c24-14-7-5-13(6-8-14)20-19-21(28-27-20)23(30)29(16-11-9-15(25)10-12-16)22(19)17-3-1-2-4-18(17)26/h1-12,22H,(H,27,28)/t22-/m1/s1. The molecule has 2 heterocycles. The molecule has 148 valence electrons. The lowest BCUT2D eigenvalue weighted by atomic mass is 9.95. The van der Waals surface area contributed by atoms with Crippen molar-refractivity contribution in [2.24, 2.45) is 0 Å². The topological polar surface area (TPSA) is 49.0 Å². The number of fused-ring (bicyclic) bond motifs is 1. The summed E-state index contributed by atoms with van der Waals surface area (Å²) in [5.74, 6) is -0.651. The van der Waals surface area contributed by atoms with E-state index in [1.807, 2.05) is 24.3 Å². The molecule has 4 nitrogen and oxygen atoms in total. The average Bonchev–Trinajstić information content (AvgIpc) is 3.29. The van der Waals surface area contributed by atoms with E-state index in [-0.39, 0.29) is 11.7 Å². The molecule has 0 saturated carbocycles. The number of carbonyl (C=O) groups excluding carboxylic acids is 1. The number of amides is 1. The molecule has 0 spiro atoms. The summed E-state index contributed by atoms with van der Waals surface area (Å²) in [6.07, 6.45) is 0. The molecule has 7 heteroatoms. The molecule has 30 heavy (non-hydrogen) atoms. The van der Waals surface area contributed by atoms with Crippen LogP contribution in [0.1, 0.15) is 27.7 Å². The van der Waals surface area contributed by atoms with Crippen molar-refractivity contribution in [1.29, 1.82) is 0 Å². The Bertz CT molecular complexity index is 1250. The van der Waals surface area contributed by atoms with Crippen LogP contribution in [0.2, 0.25) is 5.02 Å². The Labute approximate surface area is 185 Å². The van der Waals surface area contributed by atoms with Gasteiger partial charge in [0.1, 0.15) is 11.5 Å². The number of benzene rings is 3. The Hall–Kier alpha value is -2.96. The Morgan fingerprint density at radius 2 is 1.70 bits per heavy atom. The van der Waals surface area contributed by atoms with Crippen LogP contribution in [0.3, 0.4) is 0 Å². The molecule has 1 aliphatic heterocycles. The van der Waals surface area contributed by atoms with Gasteiger partial charge < -0.3 is 0 Å². The van der Waals surface area contributed by atoms with E-state index >= 15 is 0 Å². The number of carbonyl (C=O) groups is 1. The number of aromatic nitrogens is 2. The number of rotatable bonds is 3. The van der Waals surface area contributed by atoms with Gasteiger partial charge in [0.15, 0.2) is 0 Å². The maximum absolute atomic E-state index is 14.9. The second-order valence-electron chi connectivity index (χ2n) is 6.94. The second kappa shape index (κ2) is 7.38. The van der Waals surface area contributed by atoms with Crippen molar-refractivity contribution in [3.05, 3.63) is 105 Å². The van der Waals surface area contributed by atoms with E-state index in [0.717, 1.165) is 10.0 Å². The third kappa shape index (κ3) is 3.04. The van der Waals surface area contributed by atoms with Crippen molar-refractivity contribution < 1.29 is 9.18 Å². The Balaban J connectivity index is 1.74. The minimum atomic E-state index is -0.660. The molecule has 0 fully saturated rings. The quantitative estimate of drug-likeness (QED) is 0.368. The largest absolute Gasteiger partial charge is 0.295 e. The highest BCUT2D eigenvalue weighted by Gasteiger charge is 2.44. The number of halogens is 3. The SMILES string of the molecule is O=C1c2[nH]nc(-c3ccc(Br)cc3)c2[C@@H](c2ccccc2F)N1c1ccc(Cl)cc1. The van der Waals surface area contributed by atoms with Gasteiger partial charge in [-0.25, -0.2) is 4.39 Å². The fraction of sp³-hybridized carbons (Fsp3) is 0.0435. The lowest BCUT2D eigenvalue weighted by molar-refractivity contribution is 0.0988. The van der Waals surface area contributed by atoms with E-state index in [1.165, 1.54) is 6.07 Å². The first-order valence-corrected chi connectivity index (χ1v) is 10.4. The molecule has 1 aromatic heterocycles. The number of anilines is 1. The number of hydrogen-bond acceptors (Lipinski definition) is 2. The normalized spacial score (nSPS) is 15.5. The first-order valence-electron chi connectivity index (χ1n) is 9.22. The van der Waals surface area contributed by atoms with Crippen LogP contribution in [0.15, 0.2) is 77.3 Å². The molecule has 4 aromatic rings. The number of H-pyrrole nitrogens is 1. The molecule has 0 saturated heterocycles. The van der Waals surface area contributed by atoms with Crippen LogP contribution in [0.25, 0.3) is 11.3 Å². The first kappa shape index (κ1) is 19.0. The van der Waals surface area contributed by atoms with Gasteiger partial charge in [-0.15, -0.1) is 0 Å². The summed E-state index contributed by atoms with van der Waals surface area (Å²) in [7, 11) is 0. The number of nitrogens with one attached hydrogen (secondary N) is 1. The van der Waals surface area contributed by atoms with Gasteiger partial charge in [-0.05, 0) is 42.5 Å². The van der Waals surface area contributed by atoms with Crippen LogP contribution in [0.5, 0.6) is 0 Å². The summed E-state index contributed by atoms with van der Waals surface area (Å²) in [6.45, 7) is 0. The van der Waals surface area contributed by atoms with E-state index in [9.17, 15) is 9.18 Å². The van der Waals surface area contributed by atoms with Gasteiger partial charge in [0.25, 0.3) is 5.91 Å². The minimum absolute atomic E-state index is 0.267. The van der Waals surface area contributed by atoms with Crippen LogP contribution < -0.4 is 4.90 Å². The first-order chi connectivity index (χ1) is 14.5. The maximum Gasteiger partial charge on any atom is 0.277 e. The van der Waals surface area contributed by atoms with Gasteiger partial charge in [0.05, 0.1) is 11.7 Å². The lowest BCUT2D eigenvalue weighted by Gasteiger charge is -2.26. The highest BCUT2D eigenvalue weighted by molar-refractivity contribution is 9.10. The van der Waals surface area contributed by atoms with Crippen LogP contribution in [0.4, 0.5) is 10.1 Å². The molecule has 1 amide bonds. The fourth-order valence-electron chi connectivity index (χ4n) is 3.83. The highest BCUT2D eigenvalue weighted by Crippen LogP contribution is 2.45. The summed E-state index contributed by atoms with van der Waals surface area (Å²) in [5.41, 5.74) is 3.50. The highest BCUT2D eigenvalue weighted by atomic mass is 79.9. The van der Waals surface area contributed by atoms with E-state index in [1.54, 1.807) is 47.4 Å². The van der Waals surface area contributed by atoms with Crippen molar-refractivity contribution in [2.75, 3.05) is 4.90 Å². The Kier molecular flexibility index (Phi) is 4.68. The van der Waals surface area contributed by atoms with Crippen molar-refractivity contribution >= 4 is 39.1 Å². The fourth-order valence-corrected chi connectivity index (χ4v) is 4.22. The van der Waals surface area contributed by atoms with Gasteiger partial charge in [0, 0.05) is 31.9 Å². The average molecular weight is 483 g/mol. The smallest absolute Gasteiger partial charge is 0.277 e. The monoisotopic (exact) mass is 481 g/mol. The second-order valence-corrected chi connectivity index (χ2v) is 8.30. The van der Waals surface area contributed by atoms with Crippen LogP contribution in [-0.4, -0.2) is 16.1 Å². The number of hydrogen-bond donors (Lipinski definition) is 1. The van der Waals surface area contributed by atoms with E-state index in [2.05, 4.69) is 26.1 Å². The zero-order chi connectivity index (χ0) is 20.8. The molecule has 1 N–H and O–H groups in total. The third-order valence-corrected chi connectivity index (χ3v) is 5.97. The predicted octanol–water partition coefficient (Wildman–Crippen LogP) is 6.38. The summed E-state index contributed by atoms with van der Waals surface area (Å²) in [6, 6.07) is 20.4. The molecule has 1 aliphatic rings. The van der Waals surface area contributed by atoms with Gasteiger partial charge in [0.2, 0.25) is 0 Å². The minimum Gasteiger partial charge on any atom is -0.295 e. The van der Waals surface area contributed by atoms with Crippen LogP contribution in [-0.2, 0) is 0 Å². The lowest BCUT2D eigenvalue weighted by Crippen LogP contribution is -2.29. The zero-order valence-electron chi connectivity index (χ0n) is 15.4. The van der Waals surface area contributed by atoms with Gasteiger partial charge in [-0.2, -0.15) is 5.10 Å². The molecular formula is C23H14BrClFN3O. The number of aromatic amines is 1. The van der Waals surface area contributed by atoms with Crippen molar-refractivity contribution in [1.82, 2.24) is 10.2 Å². The van der Waals surface area contributed by atoms with Crippen LogP contribution >= 0.6 is 27.5 Å². The maximum atomic E-state index is 14.9. The summed E-state index contributed by atoms with van der Waals surface area (Å²) >= 11 is 9.47. The summed E-state index contributed by atoms with van der Waals surface area (Å²) in [5, 5.41) is 7.84. The van der Waals surface area contributed by atoms with E-state index in [4.69, 9.17) is 11.6 Å². The van der Waals surface area contributed by atoms with Gasteiger partial charge in [-0.1, -0.05) is 57.9 Å². The zero-order valence-corrected chi connectivity index (χ0v) is 17.8. The molecule has 3 aromatic carbocycles. The molecule has 0 aliphatic carbocycles.